The average molecular weight is 519 g/mol. The van der Waals surface area contributed by atoms with Gasteiger partial charge in [-0.05, 0) is 51.7 Å². The van der Waals surface area contributed by atoms with Gasteiger partial charge in [-0.1, -0.05) is 33.6 Å². The van der Waals surface area contributed by atoms with Crippen LogP contribution in [0.1, 0.15) is 73.6 Å². The average Bonchev–Trinajstić information content (AvgIpc) is 2.63. The number of nitrogens with one attached hydrogen (secondary N) is 3. The van der Waals surface area contributed by atoms with Gasteiger partial charge in [0, 0.05) is 13.0 Å². The van der Waals surface area contributed by atoms with E-state index in [-0.39, 0.29) is 24.0 Å². The molecule has 12 nitrogen and oxygen atoms in total. The van der Waals surface area contributed by atoms with E-state index in [2.05, 4.69) is 15.6 Å². The van der Waals surface area contributed by atoms with E-state index in [1.807, 2.05) is 39.2 Å². The first-order valence-electron chi connectivity index (χ1n) is 11.6. The maximum atomic E-state index is 12.2. The Morgan fingerprint density at radius 2 is 1.49 bits per heavy atom. The lowest BCUT2D eigenvalue weighted by atomic mass is 10.1. The number of aliphatic imine (C=N–C) groups is 1. The summed E-state index contributed by atoms with van der Waals surface area (Å²) in [5.74, 6) is -1.86. The Hall–Kier alpha value is -2.67. The van der Waals surface area contributed by atoms with Crippen LogP contribution in [0.25, 0.3) is 0 Å². The summed E-state index contributed by atoms with van der Waals surface area (Å²) < 4.78 is 10.9. The van der Waals surface area contributed by atoms with Gasteiger partial charge in [0.2, 0.25) is 18.1 Å². The van der Waals surface area contributed by atoms with Crippen molar-refractivity contribution in [2.75, 3.05) is 6.54 Å². The molecule has 1 unspecified atom stereocenters. The third-order valence-corrected chi connectivity index (χ3v) is 9.60. The Balaban J connectivity index is 4.49. The molecule has 0 fully saturated rings. The van der Waals surface area contributed by atoms with Gasteiger partial charge in [-0.3, -0.25) is 20.4 Å². The second kappa shape index (κ2) is 14.0. The number of carbonyl (C=O) groups is 4. The molecule has 0 aliphatic heterocycles. The first kappa shape index (κ1) is 32.3. The van der Waals surface area contributed by atoms with Crippen molar-refractivity contribution in [1.82, 2.24) is 16.0 Å². The number of rotatable bonds is 11. The SMILES string of the molecule is CC(C)(C)OC(=O)NC(=NCCCCCCC(=O)NC(O[Si](C)(C)C(C)(C)C)C(=O)O)NC(=O)O. The van der Waals surface area contributed by atoms with Gasteiger partial charge < -0.3 is 24.7 Å². The molecule has 5 N–H and O–H groups in total. The van der Waals surface area contributed by atoms with E-state index in [0.717, 1.165) is 0 Å². The van der Waals surface area contributed by atoms with E-state index in [1.54, 1.807) is 20.8 Å². The van der Waals surface area contributed by atoms with Gasteiger partial charge in [-0.25, -0.2) is 14.4 Å². The van der Waals surface area contributed by atoms with Crippen LogP contribution in [0.15, 0.2) is 4.99 Å². The summed E-state index contributed by atoms with van der Waals surface area (Å²) in [7, 11) is -2.38. The Morgan fingerprint density at radius 3 is 1.97 bits per heavy atom. The second-order valence-electron chi connectivity index (χ2n) is 10.6. The van der Waals surface area contributed by atoms with Crippen LogP contribution in [0.2, 0.25) is 18.1 Å². The second-order valence-corrected chi connectivity index (χ2v) is 15.4. The molecule has 0 aromatic heterocycles. The highest BCUT2D eigenvalue weighted by atomic mass is 28.4. The fraction of sp³-hybridized carbons (Fsp3) is 0.773. The van der Waals surface area contributed by atoms with Gasteiger partial charge in [-0.15, -0.1) is 0 Å². The molecule has 0 aliphatic carbocycles. The zero-order chi connectivity index (χ0) is 27.4. The van der Waals surface area contributed by atoms with Crippen LogP contribution in [0, 0.1) is 0 Å². The molecule has 0 saturated carbocycles. The van der Waals surface area contributed by atoms with Crippen molar-refractivity contribution in [3.05, 3.63) is 0 Å². The molecule has 0 radical (unpaired) electrons. The summed E-state index contributed by atoms with van der Waals surface area (Å²) in [4.78, 5) is 50.5. The number of hydrogen-bond acceptors (Lipinski definition) is 7. The number of carboxylic acids is 1. The number of carboxylic acid groups (broad SMARTS) is 2. The molecular formula is C22H42N4O8Si. The zero-order valence-electron chi connectivity index (χ0n) is 22.1. The minimum atomic E-state index is -2.38. The van der Waals surface area contributed by atoms with Crippen molar-refractivity contribution < 1.29 is 38.6 Å². The number of ether oxygens (including phenoxy) is 1. The summed E-state index contributed by atoms with van der Waals surface area (Å²) >= 11 is 0. The number of aliphatic carboxylic acids is 1. The number of alkyl carbamates (subject to hydrolysis) is 1. The molecule has 0 rings (SSSR count). The first-order valence-corrected chi connectivity index (χ1v) is 14.5. The normalized spacial score (nSPS) is 13.5. The van der Waals surface area contributed by atoms with Crippen molar-refractivity contribution in [3.8, 4) is 0 Å². The van der Waals surface area contributed by atoms with Gasteiger partial charge in [0.15, 0.2) is 8.32 Å². The van der Waals surface area contributed by atoms with Crippen LogP contribution >= 0.6 is 0 Å². The summed E-state index contributed by atoms with van der Waals surface area (Å²) in [5, 5.41) is 24.8. The minimum Gasteiger partial charge on any atom is -0.478 e. The van der Waals surface area contributed by atoms with E-state index in [0.29, 0.717) is 25.7 Å². The molecule has 0 spiro atoms. The fourth-order valence-electron chi connectivity index (χ4n) is 2.39. The third kappa shape index (κ3) is 15.0. The van der Waals surface area contributed by atoms with Gasteiger partial charge in [0.1, 0.15) is 5.60 Å². The van der Waals surface area contributed by atoms with E-state index >= 15 is 0 Å². The summed E-state index contributed by atoms with van der Waals surface area (Å²) in [5.41, 5.74) is -0.744. The number of guanidine groups is 1. The molecule has 0 heterocycles. The lowest BCUT2D eigenvalue weighted by molar-refractivity contribution is -0.150. The third-order valence-electron chi connectivity index (χ3n) is 5.16. The van der Waals surface area contributed by atoms with Crippen LogP contribution in [-0.2, 0) is 18.8 Å². The molecule has 1 atom stereocenters. The Labute approximate surface area is 208 Å². The Bertz CT molecular complexity index is 772. The highest BCUT2D eigenvalue weighted by molar-refractivity contribution is 6.74. The van der Waals surface area contributed by atoms with Crippen molar-refractivity contribution in [3.63, 3.8) is 0 Å². The highest BCUT2D eigenvalue weighted by Crippen LogP contribution is 2.37. The standard InChI is InChI=1S/C22H42N4O8Si/c1-21(2,3)33-20(32)26-18(25-19(30)31)23-14-12-10-9-11-13-15(27)24-16(17(28)29)34-35(7,8)22(4,5)6/h16H,9-14H2,1-8H3,(H,24,27)(H,28,29)(H,30,31)(H2,23,25,26,32). The molecule has 35 heavy (non-hydrogen) atoms. The van der Waals surface area contributed by atoms with Crippen LogP contribution in [-0.4, -0.2) is 66.9 Å². The molecule has 13 heteroatoms. The van der Waals surface area contributed by atoms with E-state index in [1.165, 1.54) is 0 Å². The maximum Gasteiger partial charge on any atom is 0.414 e. The van der Waals surface area contributed by atoms with Crippen molar-refractivity contribution >= 4 is 38.3 Å². The molecule has 0 aromatic rings. The zero-order valence-corrected chi connectivity index (χ0v) is 23.1. The summed E-state index contributed by atoms with van der Waals surface area (Å²) in [6.45, 7) is 15.1. The number of nitrogens with zero attached hydrogens (tertiary/aromatic N) is 1. The van der Waals surface area contributed by atoms with Crippen molar-refractivity contribution in [2.24, 2.45) is 4.99 Å². The van der Waals surface area contributed by atoms with Crippen molar-refractivity contribution in [2.45, 2.75) is 104 Å². The van der Waals surface area contributed by atoms with E-state index < -0.39 is 44.2 Å². The van der Waals surface area contributed by atoms with E-state index in [4.69, 9.17) is 14.3 Å². The molecule has 0 bridgehead atoms. The summed E-state index contributed by atoms with van der Waals surface area (Å²) in [6.07, 6.45) is -0.906. The maximum absolute atomic E-state index is 12.2. The summed E-state index contributed by atoms with van der Waals surface area (Å²) in [6, 6.07) is 0. The predicted octanol–water partition coefficient (Wildman–Crippen LogP) is 3.63. The lowest BCUT2D eigenvalue weighted by Gasteiger charge is -2.38. The van der Waals surface area contributed by atoms with Gasteiger partial charge in [0.25, 0.3) is 0 Å². The van der Waals surface area contributed by atoms with Gasteiger partial charge >= 0.3 is 18.2 Å². The molecular weight excluding hydrogens is 476 g/mol. The topological polar surface area (TPSA) is 176 Å². The molecule has 0 aromatic carbocycles. The fourth-order valence-corrected chi connectivity index (χ4v) is 3.49. The smallest absolute Gasteiger partial charge is 0.414 e. The van der Waals surface area contributed by atoms with Crippen LogP contribution < -0.4 is 16.0 Å². The molecule has 3 amide bonds. The largest absolute Gasteiger partial charge is 0.478 e. The lowest BCUT2D eigenvalue weighted by Crippen LogP contribution is -2.52. The van der Waals surface area contributed by atoms with Crippen LogP contribution in [0.4, 0.5) is 9.59 Å². The number of hydrogen-bond donors (Lipinski definition) is 5. The monoisotopic (exact) mass is 518 g/mol. The Kier molecular flexibility index (Phi) is 13.0. The predicted molar refractivity (Wildman–Crippen MR) is 134 cm³/mol. The van der Waals surface area contributed by atoms with Crippen LogP contribution in [0.3, 0.4) is 0 Å². The highest BCUT2D eigenvalue weighted by Gasteiger charge is 2.41. The quantitative estimate of drug-likeness (QED) is 0.0905. The molecule has 0 saturated heterocycles. The number of amides is 3. The van der Waals surface area contributed by atoms with E-state index in [9.17, 15) is 24.3 Å². The van der Waals surface area contributed by atoms with Crippen LogP contribution in [0.5, 0.6) is 0 Å². The number of carbonyl (C=O) groups excluding carboxylic acids is 2. The van der Waals surface area contributed by atoms with Gasteiger partial charge in [0.05, 0.1) is 0 Å². The molecule has 202 valence electrons. The Morgan fingerprint density at radius 1 is 0.914 bits per heavy atom. The van der Waals surface area contributed by atoms with Crippen molar-refractivity contribution in [1.29, 1.82) is 0 Å². The number of unbranched alkanes of at least 4 members (excludes halogenated alkanes) is 3. The molecule has 0 aliphatic rings. The van der Waals surface area contributed by atoms with Gasteiger partial charge in [-0.2, -0.15) is 0 Å². The minimum absolute atomic E-state index is 0.153. The first-order chi connectivity index (χ1) is 15.8.